The van der Waals surface area contributed by atoms with Crippen molar-refractivity contribution in [2.75, 3.05) is 12.1 Å². The molecule has 2 aromatic carbocycles. The van der Waals surface area contributed by atoms with Gasteiger partial charge in [0, 0.05) is 0 Å². The summed E-state index contributed by atoms with van der Waals surface area (Å²) in [5, 5.41) is 1.60. The minimum Gasteiger partial charge on any atom is -0.494 e. The van der Waals surface area contributed by atoms with E-state index in [1.807, 2.05) is 6.07 Å². The molecule has 1 aliphatic rings. The molecule has 2 aromatic rings. The van der Waals surface area contributed by atoms with E-state index in [4.69, 9.17) is 16.3 Å². The van der Waals surface area contributed by atoms with Gasteiger partial charge in [-0.3, -0.25) is 15.0 Å². The predicted octanol–water partition coefficient (Wildman–Crippen LogP) is 3.57. The lowest BCUT2D eigenvalue weighted by Crippen LogP contribution is -2.35. The van der Waals surface area contributed by atoms with Crippen LogP contribution in [0.3, 0.4) is 0 Å². The minimum atomic E-state index is -0.466. The van der Waals surface area contributed by atoms with Crippen LogP contribution in [0.5, 0.6) is 5.75 Å². The molecule has 0 aromatic heterocycles. The molecule has 24 heavy (non-hydrogen) atoms. The first kappa shape index (κ1) is 16.5. The van der Waals surface area contributed by atoms with Crippen molar-refractivity contribution < 1.29 is 14.3 Å². The normalized spacial score (nSPS) is 15.8. The molecule has 0 atom stereocenters. The number of hydrogen-bond donors (Lipinski definition) is 1. The van der Waals surface area contributed by atoms with Crippen molar-refractivity contribution in [3.63, 3.8) is 0 Å². The number of halogens is 2. The van der Waals surface area contributed by atoms with Gasteiger partial charge >= 0.3 is 0 Å². The number of anilines is 1. The van der Waals surface area contributed by atoms with E-state index in [1.165, 1.54) is 18.2 Å². The van der Waals surface area contributed by atoms with Gasteiger partial charge in [0.2, 0.25) is 0 Å². The number of hydrazine groups is 1. The molecule has 0 unspecified atom stereocenters. The van der Waals surface area contributed by atoms with E-state index in [2.05, 4.69) is 21.4 Å². The van der Waals surface area contributed by atoms with E-state index in [1.54, 1.807) is 36.4 Å². The average Bonchev–Trinajstić information content (AvgIpc) is 2.84. The number of carbonyl (C=O) groups excluding carboxylic acids is 2. The summed E-state index contributed by atoms with van der Waals surface area (Å²) >= 11 is 9.49. The quantitative estimate of drug-likeness (QED) is 0.625. The topological polar surface area (TPSA) is 58.6 Å². The Bertz CT molecular complexity index is 829. The number of amides is 2. The van der Waals surface area contributed by atoms with Gasteiger partial charge in [0.15, 0.2) is 5.75 Å². The van der Waals surface area contributed by atoms with E-state index in [-0.39, 0.29) is 5.57 Å². The number of hydrogen-bond acceptors (Lipinski definition) is 3. The van der Waals surface area contributed by atoms with Crippen molar-refractivity contribution in [2.45, 2.75) is 0 Å². The van der Waals surface area contributed by atoms with Crippen LogP contribution in [-0.4, -0.2) is 18.9 Å². The third-order valence-electron chi connectivity index (χ3n) is 3.44. The summed E-state index contributed by atoms with van der Waals surface area (Å²) in [5.74, 6) is -0.395. The second-order valence-corrected chi connectivity index (χ2v) is 6.25. The van der Waals surface area contributed by atoms with Crippen LogP contribution in [0.15, 0.2) is 52.5 Å². The Labute approximate surface area is 152 Å². The van der Waals surface area contributed by atoms with E-state index in [0.29, 0.717) is 26.5 Å². The van der Waals surface area contributed by atoms with Gasteiger partial charge in [-0.2, -0.15) is 0 Å². The van der Waals surface area contributed by atoms with E-state index in [9.17, 15) is 9.59 Å². The van der Waals surface area contributed by atoms with Crippen LogP contribution >= 0.6 is 27.5 Å². The highest BCUT2D eigenvalue weighted by Crippen LogP contribution is 2.35. The Morgan fingerprint density at radius 1 is 1.21 bits per heavy atom. The molecule has 2 amide bonds. The third kappa shape index (κ3) is 3.02. The van der Waals surface area contributed by atoms with Crippen molar-refractivity contribution >= 4 is 51.1 Å². The molecule has 0 aliphatic carbocycles. The molecular formula is C17H12BrClN2O3. The zero-order valence-electron chi connectivity index (χ0n) is 12.5. The number of nitrogens with zero attached hydrogens (tertiary/aromatic N) is 1. The van der Waals surface area contributed by atoms with Crippen molar-refractivity contribution in [3.05, 3.63) is 63.1 Å². The second kappa shape index (κ2) is 6.67. The van der Waals surface area contributed by atoms with Gasteiger partial charge in [0.05, 0.1) is 22.3 Å². The van der Waals surface area contributed by atoms with Gasteiger partial charge in [-0.25, -0.2) is 5.01 Å². The lowest BCUT2D eigenvalue weighted by atomic mass is 10.1. The van der Waals surface area contributed by atoms with Crippen molar-refractivity contribution in [1.29, 1.82) is 0 Å². The molecule has 7 heteroatoms. The highest BCUT2D eigenvalue weighted by atomic mass is 79.9. The van der Waals surface area contributed by atoms with Gasteiger partial charge in [0.1, 0.15) is 5.57 Å². The number of ether oxygens (including phenoxy) is 1. The third-order valence-corrected chi connectivity index (χ3v) is 4.31. The number of para-hydroxylation sites is 1. The second-order valence-electron chi connectivity index (χ2n) is 4.99. The Balaban J connectivity index is 1.96. The summed E-state index contributed by atoms with van der Waals surface area (Å²) in [4.78, 5) is 24.7. The number of methoxy groups -OCH3 is 1. The predicted molar refractivity (Wildman–Crippen MR) is 95.8 cm³/mol. The van der Waals surface area contributed by atoms with E-state index in [0.717, 1.165) is 0 Å². The van der Waals surface area contributed by atoms with Crippen molar-refractivity contribution in [2.24, 2.45) is 0 Å². The van der Waals surface area contributed by atoms with Crippen LogP contribution in [0.25, 0.3) is 6.08 Å². The molecule has 3 rings (SSSR count). The van der Waals surface area contributed by atoms with Crippen molar-refractivity contribution in [1.82, 2.24) is 5.43 Å². The molecule has 5 nitrogen and oxygen atoms in total. The van der Waals surface area contributed by atoms with Crippen molar-refractivity contribution in [3.8, 4) is 5.75 Å². The van der Waals surface area contributed by atoms with Crippen LogP contribution in [-0.2, 0) is 9.59 Å². The van der Waals surface area contributed by atoms with Gasteiger partial charge in [-0.1, -0.05) is 29.8 Å². The zero-order chi connectivity index (χ0) is 17.3. The lowest BCUT2D eigenvalue weighted by molar-refractivity contribution is -0.117. The van der Waals surface area contributed by atoms with Crippen LogP contribution in [0, 0.1) is 0 Å². The van der Waals surface area contributed by atoms with Gasteiger partial charge in [-0.15, -0.1) is 0 Å². The van der Waals surface area contributed by atoms with Crippen LogP contribution in [0.1, 0.15) is 5.56 Å². The molecule has 0 saturated carbocycles. The number of benzene rings is 2. The average molecular weight is 408 g/mol. The molecule has 1 fully saturated rings. The van der Waals surface area contributed by atoms with Gasteiger partial charge < -0.3 is 4.74 Å². The minimum absolute atomic E-state index is 0.0342. The van der Waals surface area contributed by atoms with Crippen LogP contribution in [0.2, 0.25) is 5.02 Å². The zero-order valence-corrected chi connectivity index (χ0v) is 14.9. The SMILES string of the molecule is COc1c(Cl)cc(C=C2C(=O)NN(c3ccccc3)C2=O)cc1Br. The Morgan fingerprint density at radius 3 is 2.54 bits per heavy atom. The highest BCUT2D eigenvalue weighted by Gasteiger charge is 2.34. The summed E-state index contributed by atoms with van der Waals surface area (Å²) in [7, 11) is 1.51. The summed E-state index contributed by atoms with van der Waals surface area (Å²) in [6.07, 6.45) is 1.50. The molecule has 1 heterocycles. The Kier molecular flexibility index (Phi) is 4.59. The first-order valence-corrected chi connectivity index (χ1v) is 8.13. The number of rotatable bonds is 3. The summed E-state index contributed by atoms with van der Waals surface area (Å²) in [6, 6.07) is 12.2. The van der Waals surface area contributed by atoms with E-state index >= 15 is 0 Å². The maximum absolute atomic E-state index is 12.5. The summed E-state index contributed by atoms with van der Waals surface area (Å²) in [6.45, 7) is 0. The van der Waals surface area contributed by atoms with Gasteiger partial charge in [-0.05, 0) is 51.8 Å². The number of nitrogens with one attached hydrogen (secondary N) is 1. The fraction of sp³-hybridized carbons (Fsp3) is 0.0588. The molecule has 122 valence electrons. The Morgan fingerprint density at radius 2 is 1.92 bits per heavy atom. The van der Waals surface area contributed by atoms with Crippen LogP contribution in [0.4, 0.5) is 5.69 Å². The number of carbonyl (C=O) groups is 2. The van der Waals surface area contributed by atoms with Crippen LogP contribution < -0.4 is 15.2 Å². The Hall–Kier alpha value is -2.31. The molecule has 1 aliphatic heterocycles. The highest BCUT2D eigenvalue weighted by molar-refractivity contribution is 9.10. The molecule has 1 N–H and O–H groups in total. The van der Waals surface area contributed by atoms with E-state index < -0.39 is 11.8 Å². The maximum atomic E-state index is 12.5. The lowest BCUT2D eigenvalue weighted by Gasteiger charge is -2.13. The maximum Gasteiger partial charge on any atom is 0.282 e. The fourth-order valence-electron chi connectivity index (χ4n) is 2.34. The first-order valence-electron chi connectivity index (χ1n) is 6.96. The van der Waals surface area contributed by atoms with Gasteiger partial charge in [0.25, 0.3) is 11.8 Å². The standard InChI is InChI=1S/C17H12BrClN2O3/c1-24-15-13(18)8-10(9-14(15)19)7-12-16(22)20-21(17(12)23)11-5-3-2-4-6-11/h2-9H,1H3,(H,20,22). The fourth-order valence-corrected chi connectivity index (χ4v) is 3.40. The monoisotopic (exact) mass is 406 g/mol. The largest absolute Gasteiger partial charge is 0.494 e. The summed E-state index contributed by atoms with van der Waals surface area (Å²) in [5.41, 5.74) is 3.79. The molecule has 0 spiro atoms. The molecule has 0 bridgehead atoms. The smallest absolute Gasteiger partial charge is 0.282 e. The first-order chi connectivity index (χ1) is 11.5. The molecular weight excluding hydrogens is 396 g/mol. The summed E-state index contributed by atoms with van der Waals surface area (Å²) < 4.78 is 5.80. The molecule has 1 saturated heterocycles. The molecule has 0 radical (unpaired) electrons.